The van der Waals surface area contributed by atoms with E-state index >= 15 is 0 Å². The van der Waals surface area contributed by atoms with Gasteiger partial charge in [-0.2, -0.15) is 0 Å². The van der Waals surface area contributed by atoms with Crippen LogP contribution in [0.4, 0.5) is 0 Å². The van der Waals surface area contributed by atoms with Gasteiger partial charge in [-0.05, 0) is 25.0 Å². The van der Waals surface area contributed by atoms with Crippen molar-refractivity contribution in [1.29, 1.82) is 0 Å². The minimum Gasteiger partial charge on any atom is -0.453 e. The molecule has 0 amide bonds. The largest absolute Gasteiger partial charge is 0.453 e. The van der Waals surface area contributed by atoms with E-state index in [0.29, 0.717) is 12.2 Å². The summed E-state index contributed by atoms with van der Waals surface area (Å²) in [5.41, 5.74) is 7.70. The second kappa shape index (κ2) is 5.36. The average Bonchev–Trinajstić information content (AvgIpc) is 2.80. The number of carbonyl (C=O) groups excluding carboxylic acids is 1. The Morgan fingerprint density at radius 1 is 1.44 bits per heavy atom. The molecule has 1 heterocycles. The quantitative estimate of drug-likeness (QED) is 0.821. The van der Waals surface area contributed by atoms with Gasteiger partial charge in [0.2, 0.25) is 5.78 Å². The number of para-hydroxylation sites is 1. The van der Waals surface area contributed by atoms with Crippen LogP contribution >= 0.6 is 0 Å². The van der Waals surface area contributed by atoms with Crippen LogP contribution in [0.25, 0.3) is 11.0 Å². The number of fused-ring (bicyclic) bond motifs is 1. The minimum absolute atomic E-state index is 0.0981. The Morgan fingerprint density at radius 2 is 2.22 bits per heavy atom. The number of aryl methyl sites for hydroxylation is 1. The summed E-state index contributed by atoms with van der Waals surface area (Å²) in [6, 6.07) is 7.21. The number of furan rings is 1. The van der Waals surface area contributed by atoms with Crippen LogP contribution in [0, 0.1) is 6.92 Å². The maximum atomic E-state index is 12.1. The highest BCUT2D eigenvalue weighted by molar-refractivity contribution is 6.01. The molecule has 0 saturated carbocycles. The fraction of sp³-hybridized carbons (Fsp3) is 0.400. The van der Waals surface area contributed by atoms with E-state index in [9.17, 15) is 4.79 Å². The van der Waals surface area contributed by atoms with Crippen LogP contribution in [-0.2, 0) is 0 Å². The van der Waals surface area contributed by atoms with E-state index in [1.807, 2.05) is 25.1 Å². The molecule has 1 aromatic heterocycles. The van der Waals surface area contributed by atoms with Crippen LogP contribution < -0.4 is 5.73 Å². The molecular weight excluding hydrogens is 226 g/mol. The fourth-order valence-corrected chi connectivity index (χ4v) is 2.07. The monoisotopic (exact) mass is 245 g/mol. The lowest BCUT2D eigenvalue weighted by Crippen LogP contribution is -2.30. The first-order chi connectivity index (χ1) is 8.63. The molecule has 0 aliphatic heterocycles. The molecule has 0 saturated heterocycles. The van der Waals surface area contributed by atoms with Crippen LogP contribution in [0.5, 0.6) is 0 Å². The highest BCUT2D eigenvalue weighted by atomic mass is 16.3. The predicted octanol–water partition coefficient (Wildman–Crippen LogP) is 3.44. The van der Waals surface area contributed by atoms with Crippen molar-refractivity contribution in [2.24, 2.45) is 5.73 Å². The van der Waals surface area contributed by atoms with Gasteiger partial charge in [-0.1, -0.05) is 38.0 Å². The van der Waals surface area contributed by atoms with Gasteiger partial charge >= 0.3 is 0 Å². The van der Waals surface area contributed by atoms with Gasteiger partial charge in [0.05, 0.1) is 6.04 Å². The van der Waals surface area contributed by atoms with E-state index < -0.39 is 6.04 Å². The minimum atomic E-state index is -0.453. The molecule has 0 radical (unpaired) electrons. The number of nitrogens with two attached hydrogens (primary N) is 1. The summed E-state index contributed by atoms with van der Waals surface area (Å²) >= 11 is 0. The number of carbonyl (C=O) groups is 1. The smallest absolute Gasteiger partial charge is 0.214 e. The molecule has 18 heavy (non-hydrogen) atoms. The van der Waals surface area contributed by atoms with Gasteiger partial charge in [0, 0.05) is 5.39 Å². The van der Waals surface area contributed by atoms with E-state index in [4.69, 9.17) is 10.2 Å². The summed E-state index contributed by atoms with van der Waals surface area (Å²) in [6.45, 7) is 4.05. The molecule has 3 heteroatoms. The molecule has 0 bridgehead atoms. The van der Waals surface area contributed by atoms with Gasteiger partial charge in [-0.3, -0.25) is 4.79 Å². The van der Waals surface area contributed by atoms with E-state index in [-0.39, 0.29) is 5.78 Å². The highest BCUT2D eigenvalue weighted by Crippen LogP contribution is 2.23. The Balaban J connectivity index is 2.25. The summed E-state index contributed by atoms with van der Waals surface area (Å²) in [5.74, 6) is 0.280. The fourth-order valence-electron chi connectivity index (χ4n) is 2.07. The molecule has 2 aromatic rings. The van der Waals surface area contributed by atoms with Gasteiger partial charge in [0.1, 0.15) is 5.58 Å². The molecule has 3 nitrogen and oxygen atoms in total. The Bertz CT molecular complexity index is 557. The number of ketones is 1. The third-order valence-electron chi connectivity index (χ3n) is 3.19. The first kappa shape index (κ1) is 12.8. The lowest BCUT2D eigenvalue weighted by molar-refractivity contribution is 0.0931. The van der Waals surface area contributed by atoms with E-state index in [1.54, 1.807) is 6.07 Å². The normalized spacial score (nSPS) is 12.8. The van der Waals surface area contributed by atoms with Crippen LogP contribution in [0.15, 0.2) is 28.7 Å². The second-order valence-corrected chi connectivity index (χ2v) is 4.72. The number of hydrogen-bond acceptors (Lipinski definition) is 3. The Kier molecular flexibility index (Phi) is 3.82. The van der Waals surface area contributed by atoms with Crippen LogP contribution in [0.1, 0.15) is 42.3 Å². The molecule has 2 N–H and O–H groups in total. The van der Waals surface area contributed by atoms with Crippen molar-refractivity contribution in [3.05, 3.63) is 35.6 Å². The van der Waals surface area contributed by atoms with Gasteiger partial charge in [-0.15, -0.1) is 0 Å². The molecule has 1 unspecified atom stereocenters. The molecule has 0 aliphatic carbocycles. The van der Waals surface area contributed by atoms with E-state index in [1.165, 1.54) is 0 Å². The maximum absolute atomic E-state index is 12.1. The Hall–Kier alpha value is -1.61. The Morgan fingerprint density at radius 3 is 2.89 bits per heavy atom. The first-order valence-electron chi connectivity index (χ1n) is 6.42. The number of unbranched alkanes of at least 4 members (excludes halogenated alkanes) is 1. The van der Waals surface area contributed by atoms with E-state index in [0.717, 1.165) is 29.4 Å². The van der Waals surface area contributed by atoms with E-state index in [2.05, 4.69) is 6.92 Å². The summed E-state index contributed by atoms with van der Waals surface area (Å²) in [5, 5.41) is 0.959. The topological polar surface area (TPSA) is 56.2 Å². The SMILES string of the molecule is CCCCC(N)C(=O)c1cc2cccc(C)c2o1. The van der Waals surface area contributed by atoms with Crippen molar-refractivity contribution in [2.45, 2.75) is 39.2 Å². The van der Waals surface area contributed by atoms with Crippen LogP contribution in [0.3, 0.4) is 0 Å². The standard InChI is InChI=1S/C15H19NO2/c1-3-4-8-12(16)14(17)13-9-11-7-5-6-10(2)15(11)18-13/h5-7,9,12H,3-4,8,16H2,1-2H3. The number of hydrogen-bond donors (Lipinski definition) is 1. The van der Waals surface area contributed by atoms with Crippen molar-refractivity contribution in [1.82, 2.24) is 0 Å². The second-order valence-electron chi connectivity index (χ2n) is 4.72. The maximum Gasteiger partial charge on any atom is 0.214 e. The van der Waals surface area contributed by atoms with Crippen LogP contribution in [-0.4, -0.2) is 11.8 Å². The molecule has 0 aliphatic rings. The molecule has 96 valence electrons. The summed E-state index contributed by atoms with van der Waals surface area (Å²) < 4.78 is 5.63. The molecule has 1 atom stereocenters. The summed E-state index contributed by atoms with van der Waals surface area (Å²) in [7, 11) is 0. The van der Waals surface area contributed by atoms with Gasteiger partial charge < -0.3 is 10.2 Å². The predicted molar refractivity (Wildman–Crippen MR) is 72.8 cm³/mol. The first-order valence-corrected chi connectivity index (χ1v) is 6.42. The van der Waals surface area contributed by atoms with Gasteiger partial charge in [0.25, 0.3) is 0 Å². The molecule has 1 aromatic carbocycles. The number of benzene rings is 1. The third kappa shape index (κ3) is 2.46. The van der Waals surface area contributed by atoms with Crippen molar-refractivity contribution in [2.75, 3.05) is 0 Å². The molecular formula is C15H19NO2. The number of Topliss-reactive ketones (excluding diaryl/α,β-unsaturated/α-hetero) is 1. The molecule has 2 rings (SSSR count). The third-order valence-corrected chi connectivity index (χ3v) is 3.19. The van der Waals surface area contributed by atoms with Crippen LogP contribution in [0.2, 0.25) is 0 Å². The highest BCUT2D eigenvalue weighted by Gasteiger charge is 2.19. The van der Waals surface area contributed by atoms with Crippen molar-refractivity contribution in [3.8, 4) is 0 Å². The molecule has 0 fully saturated rings. The number of rotatable bonds is 5. The molecule has 0 spiro atoms. The zero-order valence-corrected chi connectivity index (χ0v) is 10.9. The van der Waals surface area contributed by atoms with Gasteiger partial charge in [-0.25, -0.2) is 0 Å². The lowest BCUT2D eigenvalue weighted by atomic mass is 10.0. The van der Waals surface area contributed by atoms with Crippen molar-refractivity contribution in [3.63, 3.8) is 0 Å². The lowest BCUT2D eigenvalue weighted by Gasteiger charge is -2.06. The zero-order chi connectivity index (χ0) is 13.1. The van der Waals surface area contributed by atoms with Crippen molar-refractivity contribution >= 4 is 16.8 Å². The summed E-state index contributed by atoms with van der Waals surface area (Å²) in [4.78, 5) is 12.1. The average molecular weight is 245 g/mol. The summed E-state index contributed by atoms with van der Waals surface area (Å²) in [6.07, 6.45) is 2.72. The Labute approximate surface area is 107 Å². The van der Waals surface area contributed by atoms with Gasteiger partial charge in [0.15, 0.2) is 5.76 Å². The zero-order valence-electron chi connectivity index (χ0n) is 10.9. The van der Waals surface area contributed by atoms with Crippen molar-refractivity contribution < 1.29 is 9.21 Å².